The lowest BCUT2D eigenvalue weighted by molar-refractivity contribution is 0.412. The summed E-state index contributed by atoms with van der Waals surface area (Å²) in [7, 11) is -2.20. The van der Waals surface area contributed by atoms with Crippen LogP contribution in [0, 0.1) is 11.3 Å². The number of benzene rings is 1. The molecule has 1 rings (SSSR count). The second-order valence-electron chi connectivity index (χ2n) is 3.27. The van der Waals surface area contributed by atoms with Crippen LogP contribution in [0.5, 0.6) is 5.75 Å². The molecule has 0 amide bonds. The Labute approximate surface area is 109 Å². The van der Waals surface area contributed by atoms with Crippen molar-refractivity contribution >= 4 is 31.6 Å². The molecule has 0 saturated heterocycles. The topological polar surface area (TPSA) is 79.2 Å². The van der Waals surface area contributed by atoms with Crippen molar-refractivity contribution in [2.75, 3.05) is 11.8 Å². The lowest BCUT2D eigenvalue weighted by Gasteiger charge is -2.11. The third-order valence-corrected chi connectivity index (χ3v) is 4.27. The Balaban J connectivity index is 3.02. The van der Waals surface area contributed by atoms with Gasteiger partial charge in [0, 0.05) is 6.07 Å². The molecule has 0 aliphatic carbocycles. The van der Waals surface area contributed by atoms with Gasteiger partial charge in [0.25, 0.3) is 0 Å². The van der Waals surface area contributed by atoms with Gasteiger partial charge in [-0.05, 0) is 35.0 Å². The fourth-order valence-corrected chi connectivity index (χ4v) is 2.22. The van der Waals surface area contributed by atoms with E-state index in [0.717, 1.165) is 4.47 Å². The minimum atomic E-state index is -3.68. The highest BCUT2D eigenvalue weighted by Crippen LogP contribution is 2.28. The molecule has 0 bridgehead atoms. The molecule has 0 heterocycles. The van der Waals surface area contributed by atoms with Gasteiger partial charge in [-0.25, -0.2) is 8.42 Å². The summed E-state index contributed by atoms with van der Waals surface area (Å²) in [6, 6.07) is 6.45. The monoisotopic (exact) mass is 318 g/mol. The molecule has 0 aromatic heterocycles. The third-order valence-electron chi connectivity index (χ3n) is 2.06. The third kappa shape index (κ3) is 3.35. The molecule has 1 atom stereocenters. The normalized spacial score (nSPS) is 12.6. The molecule has 1 aromatic rings. The summed E-state index contributed by atoms with van der Waals surface area (Å²) >= 11 is 3.26. The zero-order valence-corrected chi connectivity index (χ0v) is 11.7. The number of hydrogen-bond donors (Lipinski definition) is 1. The summed E-state index contributed by atoms with van der Waals surface area (Å²) < 4.78 is 31.3. The van der Waals surface area contributed by atoms with Crippen LogP contribution in [-0.4, -0.2) is 20.8 Å². The summed E-state index contributed by atoms with van der Waals surface area (Å²) in [5, 5.41) is 7.48. The maximum atomic E-state index is 11.6. The van der Waals surface area contributed by atoms with Gasteiger partial charge in [-0.15, -0.1) is 0 Å². The van der Waals surface area contributed by atoms with Crippen LogP contribution in [0.2, 0.25) is 0 Å². The van der Waals surface area contributed by atoms with E-state index in [2.05, 4.69) is 20.7 Å². The van der Waals surface area contributed by atoms with Gasteiger partial charge in [0.05, 0.1) is 23.3 Å². The number of anilines is 1. The largest absolute Gasteiger partial charge is 0.495 e. The second kappa shape index (κ2) is 5.38. The Kier molecular flexibility index (Phi) is 4.37. The molecule has 0 aliphatic heterocycles. The molecular weight excluding hydrogens is 308 g/mol. The quantitative estimate of drug-likeness (QED) is 0.922. The number of nitriles is 1. The molecule has 1 N–H and O–H groups in total. The van der Waals surface area contributed by atoms with Crippen LogP contribution in [0.3, 0.4) is 0 Å². The molecule has 5 nitrogen and oxygen atoms in total. The first-order valence-electron chi connectivity index (χ1n) is 4.65. The molecule has 1 aromatic carbocycles. The summed E-state index contributed by atoms with van der Waals surface area (Å²) in [6.07, 6.45) is 0. The highest BCUT2D eigenvalue weighted by Gasteiger charge is 2.20. The first kappa shape index (κ1) is 13.8. The standard InChI is InChI=1S/C10H11BrN2O3S/c1-7(6-12)17(14,15)13-8-3-4-9(11)10(5-8)16-2/h3-5,7,13H,1-2H3. The SMILES string of the molecule is COc1cc(NS(=O)(=O)C(C)C#N)ccc1Br. The van der Waals surface area contributed by atoms with E-state index in [-0.39, 0.29) is 0 Å². The maximum Gasteiger partial charge on any atom is 0.248 e. The molecule has 0 spiro atoms. The summed E-state index contributed by atoms with van der Waals surface area (Å²) in [4.78, 5) is 0. The number of hydrogen-bond acceptors (Lipinski definition) is 4. The fourth-order valence-electron chi connectivity index (χ4n) is 1.05. The van der Waals surface area contributed by atoms with Crippen molar-refractivity contribution in [1.82, 2.24) is 0 Å². The first-order chi connectivity index (χ1) is 7.90. The zero-order chi connectivity index (χ0) is 13.1. The Morgan fingerprint density at radius 3 is 2.71 bits per heavy atom. The molecule has 1 unspecified atom stereocenters. The van der Waals surface area contributed by atoms with Crippen molar-refractivity contribution in [2.45, 2.75) is 12.2 Å². The number of nitrogens with zero attached hydrogens (tertiary/aromatic N) is 1. The molecule has 0 saturated carbocycles. The van der Waals surface area contributed by atoms with Crippen molar-refractivity contribution in [2.24, 2.45) is 0 Å². The Morgan fingerprint density at radius 2 is 2.18 bits per heavy atom. The van der Waals surface area contributed by atoms with E-state index in [1.165, 1.54) is 20.1 Å². The average molecular weight is 319 g/mol. The molecule has 92 valence electrons. The van der Waals surface area contributed by atoms with Crippen molar-refractivity contribution in [1.29, 1.82) is 5.26 Å². The molecule has 0 fully saturated rings. The predicted molar refractivity (Wildman–Crippen MR) is 68.3 cm³/mol. The van der Waals surface area contributed by atoms with Crippen molar-refractivity contribution in [3.8, 4) is 11.8 Å². The minimum Gasteiger partial charge on any atom is -0.495 e. The maximum absolute atomic E-state index is 11.6. The Morgan fingerprint density at radius 1 is 1.53 bits per heavy atom. The van der Waals surface area contributed by atoms with Crippen molar-refractivity contribution in [3.63, 3.8) is 0 Å². The van der Waals surface area contributed by atoms with Gasteiger partial charge in [-0.2, -0.15) is 5.26 Å². The summed E-state index contributed by atoms with van der Waals surface area (Å²) in [5.41, 5.74) is 0.354. The fraction of sp³-hybridized carbons (Fsp3) is 0.300. The molecule has 7 heteroatoms. The first-order valence-corrected chi connectivity index (χ1v) is 6.99. The number of methoxy groups -OCH3 is 1. The van der Waals surface area contributed by atoms with Crippen LogP contribution in [-0.2, 0) is 10.0 Å². The molecule has 17 heavy (non-hydrogen) atoms. The zero-order valence-electron chi connectivity index (χ0n) is 9.27. The van der Waals surface area contributed by atoms with Crippen molar-refractivity contribution in [3.05, 3.63) is 22.7 Å². The van der Waals surface area contributed by atoms with Crippen LogP contribution in [0.25, 0.3) is 0 Å². The molecular formula is C10H11BrN2O3S. The number of sulfonamides is 1. The van der Waals surface area contributed by atoms with E-state index in [0.29, 0.717) is 11.4 Å². The Bertz CT molecular complexity index is 551. The van der Waals surface area contributed by atoms with Crippen LogP contribution < -0.4 is 9.46 Å². The lowest BCUT2D eigenvalue weighted by atomic mass is 10.3. The van der Waals surface area contributed by atoms with E-state index in [4.69, 9.17) is 10.00 Å². The number of ether oxygens (including phenoxy) is 1. The van der Waals surface area contributed by atoms with E-state index < -0.39 is 15.3 Å². The van der Waals surface area contributed by atoms with Gasteiger partial charge in [-0.1, -0.05) is 0 Å². The van der Waals surface area contributed by atoms with Crippen molar-refractivity contribution < 1.29 is 13.2 Å². The predicted octanol–water partition coefficient (Wildman–Crippen LogP) is 2.11. The molecule has 0 aliphatic rings. The van der Waals surface area contributed by atoms with Crippen LogP contribution >= 0.6 is 15.9 Å². The summed E-state index contributed by atoms with van der Waals surface area (Å²) in [6.45, 7) is 1.32. The Hall–Kier alpha value is -1.26. The lowest BCUT2D eigenvalue weighted by Crippen LogP contribution is -2.23. The van der Waals surface area contributed by atoms with Crippen LogP contribution in [0.4, 0.5) is 5.69 Å². The van der Waals surface area contributed by atoms with E-state index in [9.17, 15) is 8.42 Å². The highest BCUT2D eigenvalue weighted by atomic mass is 79.9. The minimum absolute atomic E-state index is 0.354. The van der Waals surface area contributed by atoms with Crippen LogP contribution in [0.1, 0.15) is 6.92 Å². The highest BCUT2D eigenvalue weighted by molar-refractivity contribution is 9.10. The van der Waals surface area contributed by atoms with Gasteiger partial charge in [0.15, 0.2) is 5.25 Å². The van der Waals surface area contributed by atoms with Crippen LogP contribution in [0.15, 0.2) is 22.7 Å². The molecule has 0 radical (unpaired) electrons. The van der Waals surface area contributed by atoms with Gasteiger partial charge in [0.1, 0.15) is 5.75 Å². The second-order valence-corrected chi connectivity index (χ2v) is 6.12. The number of nitrogens with one attached hydrogen (secondary N) is 1. The number of rotatable bonds is 4. The van der Waals surface area contributed by atoms with E-state index in [1.54, 1.807) is 18.2 Å². The van der Waals surface area contributed by atoms with Gasteiger partial charge in [-0.3, -0.25) is 4.72 Å². The van der Waals surface area contributed by atoms with Gasteiger partial charge >= 0.3 is 0 Å². The summed E-state index contributed by atoms with van der Waals surface area (Å²) in [5.74, 6) is 0.509. The smallest absolute Gasteiger partial charge is 0.248 e. The van der Waals surface area contributed by atoms with Gasteiger partial charge in [0.2, 0.25) is 10.0 Å². The van der Waals surface area contributed by atoms with Gasteiger partial charge < -0.3 is 4.74 Å². The average Bonchev–Trinajstić information content (AvgIpc) is 2.30. The van der Waals surface area contributed by atoms with E-state index in [1.807, 2.05) is 0 Å². The number of halogens is 1. The van der Waals surface area contributed by atoms with E-state index >= 15 is 0 Å².